The maximum Gasteiger partial charge on any atom is 0.281 e. The van der Waals surface area contributed by atoms with Gasteiger partial charge in [-0.25, -0.2) is 0 Å². The summed E-state index contributed by atoms with van der Waals surface area (Å²) in [5.41, 5.74) is 0.236. The van der Waals surface area contributed by atoms with E-state index in [1.807, 2.05) is 0 Å². The van der Waals surface area contributed by atoms with Crippen LogP contribution in [0.25, 0.3) is 11.3 Å². The second-order valence-corrected chi connectivity index (χ2v) is 6.00. The molecule has 3 aromatic rings. The van der Waals surface area contributed by atoms with Gasteiger partial charge >= 0.3 is 0 Å². The summed E-state index contributed by atoms with van der Waals surface area (Å²) < 4.78 is 5.09. The Labute approximate surface area is 163 Å². The standard InChI is InChI=1S/C18H15N5O6/c1-10-16(22(25)26)7-12(8-17(10)23(27)28)19-18(24)15-9-14(20-21-15)11-3-5-13(29-2)6-4-11/h3-9H,1-2H3,(H,19,24)(H,20,21). The predicted octanol–water partition coefficient (Wildman–Crippen LogP) is 3.46. The van der Waals surface area contributed by atoms with Crippen molar-refractivity contribution in [2.75, 3.05) is 12.4 Å². The summed E-state index contributed by atoms with van der Waals surface area (Å²) >= 11 is 0. The Morgan fingerprint density at radius 2 is 1.66 bits per heavy atom. The molecule has 11 heteroatoms. The van der Waals surface area contributed by atoms with Crippen molar-refractivity contribution in [1.82, 2.24) is 10.2 Å². The number of nitro benzene ring substituents is 2. The number of nitro groups is 2. The largest absolute Gasteiger partial charge is 0.497 e. The van der Waals surface area contributed by atoms with E-state index in [4.69, 9.17) is 4.74 Å². The third-order valence-electron chi connectivity index (χ3n) is 4.21. The van der Waals surface area contributed by atoms with Crippen LogP contribution in [0.15, 0.2) is 42.5 Å². The number of hydrogen-bond acceptors (Lipinski definition) is 7. The van der Waals surface area contributed by atoms with Gasteiger partial charge in [-0.15, -0.1) is 0 Å². The van der Waals surface area contributed by atoms with Crippen LogP contribution in [-0.2, 0) is 0 Å². The number of rotatable bonds is 6. The molecule has 0 saturated heterocycles. The SMILES string of the molecule is COc1ccc(-c2cc(C(=O)Nc3cc([N+](=O)[O-])c(C)c([N+](=O)[O-])c3)[nH]n2)cc1. The lowest BCUT2D eigenvalue weighted by molar-refractivity contribution is -0.395. The highest BCUT2D eigenvalue weighted by Gasteiger charge is 2.24. The van der Waals surface area contributed by atoms with Crippen LogP contribution in [0.2, 0.25) is 0 Å². The summed E-state index contributed by atoms with van der Waals surface area (Å²) in [5, 5.41) is 31.4. The van der Waals surface area contributed by atoms with Crippen LogP contribution in [0, 0.1) is 27.2 Å². The van der Waals surface area contributed by atoms with Gasteiger partial charge in [0.1, 0.15) is 17.0 Å². The Hall–Kier alpha value is -4.28. The smallest absolute Gasteiger partial charge is 0.281 e. The minimum atomic E-state index is -0.740. The fraction of sp³-hybridized carbons (Fsp3) is 0.111. The third kappa shape index (κ3) is 4.03. The zero-order valence-corrected chi connectivity index (χ0v) is 15.3. The molecule has 2 aromatic carbocycles. The van der Waals surface area contributed by atoms with E-state index in [2.05, 4.69) is 15.5 Å². The molecule has 148 valence electrons. The number of carbonyl (C=O) groups excluding carboxylic acids is 1. The van der Waals surface area contributed by atoms with Gasteiger partial charge in [-0.1, -0.05) is 0 Å². The second-order valence-electron chi connectivity index (χ2n) is 6.00. The Morgan fingerprint density at radius 1 is 1.07 bits per heavy atom. The zero-order valence-electron chi connectivity index (χ0n) is 15.3. The Bertz CT molecular complexity index is 1070. The van der Waals surface area contributed by atoms with Gasteiger partial charge < -0.3 is 10.1 Å². The molecule has 11 nitrogen and oxygen atoms in total. The van der Waals surface area contributed by atoms with Crippen molar-refractivity contribution in [1.29, 1.82) is 0 Å². The molecule has 0 aliphatic carbocycles. The van der Waals surface area contributed by atoms with E-state index in [0.29, 0.717) is 11.4 Å². The number of aromatic nitrogens is 2. The van der Waals surface area contributed by atoms with Crippen LogP contribution in [-0.4, -0.2) is 33.1 Å². The number of benzene rings is 2. The molecule has 1 aromatic heterocycles. The highest BCUT2D eigenvalue weighted by Crippen LogP contribution is 2.32. The van der Waals surface area contributed by atoms with Gasteiger partial charge in [0.05, 0.1) is 28.3 Å². The first-order valence-corrected chi connectivity index (χ1v) is 8.24. The summed E-state index contributed by atoms with van der Waals surface area (Å²) in [5.74, 6) is 0.0227. The molecule has 0 spiro atoms. The molecular formula is C18H15N5O6. The van der Waals surface area contributed by atoms with Crippen molar-refractivity contribution in [2.45, 2.75) is 6.92 Å². The van der Waals surface area contributed by atoms with Crippen molar-refractivity contribution in [3.8, 4) is 17.0 Å². The number of methoxy groups -OCH3 is 1. The number of nitrogens with zero attached hydrogens (tertiary/aromatic N) is 3. The molecule has 1 amide bonds. The molecule has 0 fully saturated rings. The number of amides is 1. The van der Waals surface area contributed by atoms with Gasteiger partial charge in [-0.2, -0.15) is 5.10 Å². The van der Waals surface area contributed by atoms with Gasteiger partial charge in [-0.05, 0) is 37.3 Å². The fourth-order valence-corrected chi connectivity index (χ4v) is 2.68. The highest BCUT2D eigenvalue weighted by molar-refractivity contribution is 6.03. The molecule has 0 radical (unpaired) electrons. The van der Waals surface area contributed by atoms with E-state index in [0.717, 1.165) is 17.7 Å². The third-order valence-corrected chi connectivity index (χ3v) is 4.21. The quantitative estimate of drug-likeness (QED) is 0.477. The van der Waals surface area contributed by atoms with Gasteiger partial charge in [0.2, 0.25) is 0 Å². The van der Waals surface area contributed by atoms with E-state index in [1.165, 1.54) is 13.0 Å². The summed E-state index contributed by atoms with van der Waals surface area (Å²) in [4.78, 5) is 33.3. The first-order valence-electron chi connectivity index (χ1n) is 8.24. The first kappa shape index (κ1) is 19.5. The van der Waals surface area contributed by atoms with Crippen molar-refractivity contribution >= 4 is 23.0 Å². The van der Waals surface area contributed by atoms with Crippen LogP contribution in [0.3, 0.4) is 0 Å². The van der Waals surface area contributed by atoms with Crippen LogP contribution < -0.4 is 10.1 Å². The Kier molecular flexibility index (Phi) is 5.21. The molecule has 0 aliphatic rings. The maximum atomic E-state index is 12.5. The van der Waals surface area contributed by atoms with Crippen molar-refractivity contribution in [3.05, 3.63) is 74.0 Å². The number of carbonyl (C=O) groups is 1. The Morgan fingerprint density at radius 3 is 2.17 bits per heavy atom. The summed E-state index contributed by atoms with van der Waals surface area (Å²) in [6.45, 7) is 1.28. The summed E-state index contributed by atoms with van der Waals surface area (Å²) in [7, 11) is 1.55. The minimum Gasteiger partial charge on any atom is -0.497 e. The molecule has 0 aliphatic heterocycles. The summed E-state index contributed by atoms with van der Waals surface area (Å²) in [6, 6.07) is 10.7. The lowest BCUT2D eigenvalue weighted by Crippen LogP contribution is -2.13. The van der Waals surface area contributed by atoms with E-state index in [-0.39, 0.29) is 16.9 Å². The lowest BCUT2D eigenvalue weighted by Gasteiger charge is -2.06. The monoisotopic (exact) mass is 397 g/mol. The van der Waals surface area contributed by atoms with Gasteiger partial charge in [-0.3, -0.25) is 30.1 Å². The predicted molar refractivity (Wildman–Crippen MR) is 103 cm³/mol. The minimum absolute atomic E-state index is 0.0698. The van der Waals surface area contributed by atoms with Crippen molar-refractivity contribution < 1.29 is 19.4 Å². The van der Waals surface area contributed by atoms with Gasteiger partial charge in [0, 0.05) is 17.7 Å². The van der Waals surface area contributed by atoms with Gasteiger partial charge in [0.15, 0.2) is 0 Å². The van der Waals surface area contributed by atoms with Crippen LogP contribution >= 0.6 is 0 Å². The number of hydrogen-bond donors (Lipinski definition) is 2. The van der Waals surface area contributed by atoms with E-state index in [9.17, 15) is 25.0 Å². The highest BCUT2D eigenvalue weighted by atomic mass is 16.6. The zero-order chi connectivity index (χ0) is 21.1. The molecular weight excluding hydrogens is 382 g/mol. The second kappa shape index (κ2) is 7.76. The molecule has 0 bridgehead atoms. The van der Waals surface area contributed by atoms with Crippen molar-refractivity contribution in [3.63, 3.8) is 0 Å². The van der Waals surface area contributed by atoms with E-state index in [1.54, 1.807) is 31.4 Å². The number of aromatic amines is 1. The number of H-pyrrole nitrogens is 1. The van der Waals surface area contributed by atoms with Crippen LogP contribution in [0.4, 0.5) is 17.1 Å². The van der Waals surface area contributed by atoms with E-state index >= 15 is 0 Å². The maximum absolute atomic E-state index is 12.5. The molecule has 0 atom stereocenters. The lowest BCUT2D eigenvalue weighted by atomic mass is 10.1. The number of nitrogens with one attached hydrogen (secondary N) is 2. The Balaban J connectivity index is 1.86. The molecule has 0 saturated carbocycles. The van der Waals surface area contributed by atoms with Crippen LogP contribution in [0.5, 0.6) is 5.75 Å². The molecule has 1 heterocycles. The average molecular weight is 397 g/mol. The molecule has 3 rings (SSSR count). The van der Waals surface area contributed by atoms with E-state index < -0.39 is 27.1 Å². The fourth-order valence-electron chi connectivity index (χ4n) is 2.68. The molecule has 2 N–H and O–H groups in total. The number of anilines is 1. The van der Waals surface area contributed by atoms with Gasteiger partial charge in [0.25, 0.3) is 17.3 Å². The first-order chi connectivity index (χ1) is 13.8. The number of ether oxygens (including phenoxy) is 1. The topological polar surface area (TPSA) is 153 Å². The normalized spacial score (nSPS) is 10.4. The molecule has 29 heavy (non-hydrogen) atoms. The van der Waals surface area contributed by atoms with Crippen LogP contribution in [0.1, 0.15) is 16.1 Å². The summed E-state index contributed by atoms with van der Waals surface area (Å²) in [6.07, 6.45) is 0. The average Bonchev–Trinajstić information content (AvgIpc) is 3.19. The molecule has 0 unspecified atom stereocenters. The van der Waals surface area contributed by atoms with Crippen molar-refractivity contribution in [2.24, 2.45) is 0 Å².